The van der Waals surface area contributed by atoms with Gasteiger partial charge >= 0.3 is 0 Å². The van der Waals surface area contributed by atoms with Gasteiger partial charge in [-0.25, -0.2) is 4.98 Å². The van der Waals surface area contributed by atoms with E-state index in [2.05, 4.69) is 15.4 Å². The number of aromatic nitrogens is 3. The Bertz CT molecular complexity index is 436. The number of fused-ring (bicyclic) bond motifs is 3. The Labute approximate surface area is 92.1 Å². The monoisotopic (exact) mass is 226 g/mol. The van der Waals surface area contributed by atoms with Crippen molar-refractivity contribution in [3.05, 3.63) is 11.2 Å². The Morgan fingerprint density at radius 1 is 1.53 bits per heavy atom. The highest BCUT2D eigenvalue weighted by molar-refractivity contribution is 7.16. The van der Waals surface area contributed by atoms with Gasteiger partial charge in [0, 0.05) is 0 Å². The lowest BCUT2D eigenvalue weighted by Gasteiger charge is -2.13. The first-order chi connectivity index (χ1) is 7.36. The second-order valence-electron chi connectivity index (χ2n) is 3.23. The van der Waals surface area contributed by atoms with Crippen LogP contribution in [0, 0.1) is 0 Å². The molecule has 0 amide bonds. The first-order valence-corrected chi connectivity index (χ1v) is 5.70. The van der Waals surface area contributed by atoms with Crippen LogP contribution in [0.2, 0.25) is 0 Å². The van der Waals surface area contributed by atoms with Crippen LogP contribution in [0.1, 0.15) is 5.69 Å². The molecule has 0 spiro atoms. The molecule has 0 radical (unpaired) electrons. The Morgan fingerprint density at radius 2 is 2.33 bits per heavy atom. The molecule has 6 heteroatoms. The smallest absolute Gasteiger partial charge is 0.165 e. The first kappa shape index (κ1) is 10.5. The number of nitrogens with one attached hydrogen (secondary N) is 1. The minimum Gasteiger partial charge on any atom is -0.373 e. The van der Waals surface area contributed by atoms with E-state index in [-0.39, 0.29) is 0 Å². The van der Waals surface area contributed by atoms with E-state index in [0.29, 0.717) is 6.61 Å². The lowest BCUT2D eigenvalue weighted by atomic mass is 10.4. The molecule has 82 valence electrons. The summed E-state index contributed by atoms with van der Waals surface area (Å²) in [5.74, 6) is 0. The minimum atomic E-state index is 0.653. The number of hydrogen-bond donors (Lipinski definition) is 1. The summed E-state index contributed by atoms with van der Waals surface area (Å²) in [4.78, 5) is 5.27. The Morgan fingerprint density at radius 3 is 3.13 bits per heavy atom. The predicted octanol–water partition coefficient (Wildman–Crippen LogP) is 0.859. The maximum atomic E-state index is 5.34. The van der Waals surface area contributed by atoms with E-state index in [4.69, 9.17) is 4.74 Å². The maximum Gasteiger partial charge on any atom is 0.165 e. The van der Waals surface area contributed by atoms with Gasteiger partial charge in [0.15, 0.2) is 4.83 Å². The van der Waals surface area contributed by atoms with Crippen molar-refractivity contribution in [1.29, 1.82) is 0 Å². The topological polar surface area (TPSA) is 52.0 Å². The van der Waals surface area contributed by atoms with Crippen molar-refractivity contribution in [3.8, 4) is 0 Å². The molecular weight excluding hydrogens is 212 g/mol. The van der Waals surface area contributed by atoms with Gasteiger partial charge in [-0.15, -0.1) is 11.3 Å². The summed E-state index contributed by atoms with van der Waals surface area (Å²) in [6.07, 6.45) is 0. The molecule has 0 unspecified atom stereocenters. The van der Waals surface area contributed by atoms with E-state index in [9.17, 15) is 0 Å². The normalized spacial score (nSPS) is 14.5. The van der Waals surface area contributed by atoms with Crippen LogP contribution in [0.4, 0.5) is 0 Å². The van der Waals surface area contributed by atoms with Gasteiger partial charge in [0.05, 0.1) is 31.0 Å². The van der Waals surface area contributed by atoms with E-state index in [1.54, 1.807) is 11.3 Å². The highest BCUT2D eigenvalue weighted by Gasteiger charge is 2.16. The highest BCUT2D eigenvalue weighted by atomic mass is 32.1. The molecule has 2 aromatic heterocycles. The molecule has 0 atom stereocenters. The third-order valence-corrected chi connectivity index (χ3v) is 2.74. The largest absolute Gasteiger partial charge is 0.373 e. The van der Waals surface area contributed by atoms with Crippen molar-refractivity contribution >= 4 is 21.7 Å². The Balaban J connectivity index is 0.000000258. The average molecular weight is 226 g/mol. The van der Waals surface area contributed by atoms with Crippen LogP contribution in [0.3, 0.4) is 0 Å². The van der Waals surface area contributed by atoms with Crippen LogP contribution in [-0.4, -0.2) is 35.5 Å². The number of rotatable bonds is 0. The summed E-state index contributed by atoms with van der Waals surface area (Å²) >= 11 is 1.58. The second kappa shape index (κ2) is 4.69. The summed E-state index contributed by atoms with van der Waals surface area (Å²) in [5, 5.41) is 7.16. The van der Waals surface area contributed by atoms with Gasteiger partial charge in [-0.3, -0.25) is 4.68 Å². The molecule has 3 heterocycles. The van der Waals surface area contributed by atoms with Gasteiger partial charge in [-0.1, -0.05) is 0 Å². The lowest BCUT2D eigenvalue weighted by molar-refractivity contribution is 0.0810. The number of ether oxygens (including phenoxy) is 1. The second-order valence-corrected chi connectivity index (χ2v) is 4.06. The maximum absolute atomic E-state index is 5.34. The fourth-order valence-corrected chi connectivity index (χ4v) is 2.13. The average Bonchev–Trinajstić information content (AvgIpc) is 2.78. The lowest BCUT2D eigenvalue weighted by Crippen LogP contribution is -2.17. The molecule has 3 rings (SSSR count). The molecule has 2 aromatic rings. The quantitative estimate of drug-likeness (QED) is 0.724. The number of hydrogen-bond acceptors (Lipinski definition) is 5. The fourth-order valence-electron chi connectivity index (χ4n) is 1.45. The SMILES string of the molecule is CNC.c1nc2c3n(nc2s1)CCOC3. The zero-order valence-corrected chi connectivity index (χ0v) is 9.67. The van der Waals surface area contributed by atoms with E-state index in [1.165, 1.54) is 0 Å². The molecule has 1 aliphatic rings. The standard InChI is InChI=1S/C7H7N3OS.C2H7N/c1-2-11-3-5-6-7(9-10(1)5)12-4-8-6;1-3-2/h4H,1-3H2;3H,1-2H3. The van der Waals surface area contributed by atoms with Crippen LogP contribution < -0.4 is 5.32 Å². The summed E-state index contributed by atoms with van der Waals surface area (Å²) in [6, 6.07) is 0. The van der Waals surface area contributed by atoms with Crippen LogP contribution in [0.25, 0.3) is 10.3 Å². The van der Waals surface area contributed by atoms with E-state index >= 15 is 0 Å². The van der Waals surface area contributed by atoms with E-state index in [0.717, 1.165) is 29.2 Å². The Kier molecular flexibility index (Phi) is 3.30. The van der Waals surface area contributed by atoms with Gasteiger partial charge in [0.2, 0.25) is 0 Å². The van der Waals surface area contributed by atoms with Gasteiger partial charge in [-0.2, -0.15) is 5.10 Å². The zero-order valence-electron chi connectivity index (χ0n) is 8.86. The van der Waals surface area contributed by atoms with Crippen LogP contribution in [0.5, 0.6) is 0 Å². The van der Waals surface area contributed by atoms with Crippen molar-refractivity contribution in [3.63, 3.8) is 0 Å². The van der Waals surface area contributed by atoms with Gasteiger partial charge in [-0.05, 0) is 14.1 Å². The molecule has 1 N–H and O–H groups in total. The van der Waals surface area contributed by atoms with Crippen molar-refractivity contribution in [2.45, 2.75) is 13.2 Å². The molecule has 0 bridgehead atoms. The molecule has 0 fully saturated rings. The molecule has 0 saturated carbocycles. The van der Waals surface area contributed by atoms with Crippen LogP contribution in [-0.2, 0) is 17.9 Å². The van der Waals surface area contributed by atoms with E-state index in [1.807, 2.05) is 24.3 Å². The molecule has 0 aliphatic carbocycles. The van der Waals surface area contributed by atoms with Crippen molar-refractivity contribution in [2.75, 3.05) is 20.7 Å². The molecular formula is C9H14N4OS. The minimum absolute atomic E-state index is 0.653. The van der Waals surface area contributed by atoms with Crippen LogP contribution in [0.15, 0.2) is 5.51 Å². The number of nitrogens with zero attached hydrogens (tertiary/aromatic N) is 3. The Hall–Kier alpha value is -0.980. The summed E-state index contributed by atoms with van der Waals surface area (Å²) in [6.45, 7) is 2.28. The molecule has 15 heavy (non-hydrogen) atoms. The molecule has 1 aliphatic heterocycles. The predicted molar refractivity (Wildman–Crippen MR) is 60.0 cm³/mol. The van der Waals surface area contributed by atoms with Crippen molar-refractivity contribution in [1.82, 2.24) is 20.1 Å². The zero-order chi connectivity index (χ0) is 10.7. The van der Waals surface area contributed by atoms with Gasteiger partial charge in [0.1, 0.15) is 5.52 Å². The molecule has 5 nitrogen and oxygen atoms in total. The summed E-state index contributed by atoms with van der Waals surface area (Å²) < 4.78 is 7.33. The fraction of sp³-hybridized carbons (Fsp3) is 0.556. The third-order valence-electron chi connectivity index (χ3n) is 2.03. The highest BCUT2D eigenvalue weighted by Crippen LogP contribution is 2.22. The summed E-state index contributed by atoms with van der Waals surface area (Å²) in [5.41, 5.74) is 3.96. The van der Waals surface area contributed by atoms with Crippen LogP contribution >= 0.6 is 11.3 Å². The van der Waals surface area contributed by atoms with E-state index < -0.39 is 0 Å². The van der Waals surface area contributed by atoms with Crippen molar-refractivity contribution < 1.29 is 4.74 Å². The first-order valence-electron chi connectivity index (χ1n) is 4.82. The third kappa shape index (κ3) is 2.01. The number of thiazole rings is 1. The molecule has 0 aromatic carbocycles. The van der Waals surface area contributed by atoms with Gasteiger partial charge < -0.3 is 10.1 Å². The van der Waals surface area contributed by atoms with Crippen molar-refractivity contribution in [2.24, 2.45) is 0 Å². The summed E-state index contributed by atoms with van der Waals surface area (Å²) in [7, 11) is 3.75. The van der Waals surface area contributed by atoms with Gasteiger partial charge in [0.25, 0.3) is 0 Å². The molecule has 0 saturated heterocycles.